The summed E-state index contributed by atoms with van der Waals surface area (Å²) < 4.78 is 0. The quantitative estimate of drug-likeness (QED) is 0.413. The molecule has 5 N–H and O–H groups in total. The van der Waals surface area contributed by atoms with Crippen molar-refractivity contribution in [2.24, 2.45) is 0 Å². The van der Waals surface area contributed by atoms with E-state index in [-0.39, 0.29) is 12.1 Å². The van der Waals surface area contributed by atoms with Gasteiger partial charge >= 0.3 is 0 Å². The fourth-order valence-electron chi connectivity index (χ4n) is 2.68. The second-order valence-electron chi connectivity index (χ2n) is 5.53. The van der Waals surface area contributed by atoms with Crippen LogP contribution < -0.4 is 26.8 Å². The lowest BCUT2D eigenvalue weighted by atomic mass is 10.2. The van der Waals surface area contributed by atoms with Crippen molar-refractivity contribution in [3.63, 3.8) is 0 Å². The molecule has 0 spiro atoms. The minimum Gasteiger partial charge on any atom is -0.411 e. The summed E-state index contributed by atoms with van der Waals surface area (Å²) in [5.74, 6) is -0.181. The van der Waals surface area contributed by atoms with Crippen molar-refractivity contribution in [3.8, 4) is 0 Å². The van der Waals surface area contributed by atoms with Gasteiger partial charge in [-0.1, -0.05) is 0 Å². The van der Waals surface area contributed by atoms with E-state index >= 15 is 0 Å². The molecule has 1 aromatic carbocycles. The molecule has 0 radical (unpaired) electrons. The third kappa shape index (κ3) is 3.02. The SMILES string of the molecule is O=C(c1cccnc1)N(CC1NNNN1)c1ccc2c(cnn2O)c1. The number of hydrazine groups is 3. The Morgan fingerprint density at radius 2 is 2.08 bits per heavy atom. The highest BCUT2D eigenvalue weighted by molar-refractivity contribution is 6.06. The number of carbonyl (C=O) groups excluding carboxylic acids is 1. The number of amides is 1. The number of hydrogen-bond donors (Lipinski definition) is 5. The number of nitrogens with zero attached hydrogens (tertiary/aromatic N) is 4. The Bertz CT molecular complexity index is 891. The van der Waals surface area contributed by atoms with Gasteiger partial charge in [0, 0.05) is 23.5 Å². The summed E-state index contributed by atoms with van der Waals surface area (Å²) >= 11 is 0. The molecule has 4 rings (SSSR count). The first-order chi connectivity index (χ1) is 12.2. The van der Waals surface area contributed by atoms with Gasteiger partial charge in [-0.05, 0) is 30.3 Å². The molecular formula is C15H16N8O2. The van der Waals surface area contributed by atoms with Gasteiger partial charge in [-0.2, -0.15) is 11.1 Å². The maximum atomic E-state index is 13.0. The molecule has 0 atom stereocenters. The first kappa shape index (κ1) is 15.5. The molecule has 0 unspecified atom stereocenters. The predicted octanol–water partition coefficient (Wildman–Crippen LogP) is -0.241. The summed E-state index contributed by atoms with van der Waals surface area (Å²) in [6, 6.07) is 8.73. The van der Waals surface area contributed by atoms with E-state index in [1.54, 1.807) is 47.6 Å². The third-order valence-electron chi connectivity index (χ3n) is 3.92. The minimum absolute atomic E-state index is 0.181. The van der Waals surface area contributed by atoms with Crippen LogP contribution in [-0.2, 0) is 0 Å². The Morgan fingerprint density at radius 1 is 1.24 bits per heavy atom. The van der Waals surface area contributed by atoms with Crippen LogP contribution in [-0.4, -0.2) is 38.8 Å². The van der Waals surface area contributed by atoms with Gasteiger partial charge in [-0.25, -0.2) is 10.9 Å². The van der Waals surface area contributed by atoms with E-state index in [0.29, 0.717) is 23.3 Å². The molecule has 128 valence electrons. The van der Waals surface area contributed by atoms with Crippen molar-refractivity contribution in [1.29, 1.82) is 0 Å². The molecule has 0 aliphatic carbocycles. The Kier molecular flexibility index (Phi) is 3.99. The third-order valence-corrected chi connectivity index (χ3v) is 3.92. The molecule has 25 heavy (non-hydrogen) atoms. The summed E-state index contributed by atoms with van der Waals surface area (Å²) in [6.07, 6.45) is 4.50. The van der Waals surface area contributed by atoms with Crippen LogP contribution in [0, 0.1) is 0 Å². The standard InChI is InChI=1S/C15H16N8O2/c24-15(10-2-1-5-16-7-10)22(9-14-18-20-21-19-14)12-3-4-13-11(6-12)8-17-23(13)25/h1-8,14,18-21,25H,9H2. The van der Waals surface area contributed by atoms with E-state index in [1.165, 1.54) is 6.20 Å². The van der Waals surface area contributed by atoms with E-state index in [9.17, 15) is 10.0 Å². The van der Waals surface area contributed by atoms with Gasteiger partial charge in [0.05, 0.1) is 18.3 Å². The molecule has 1 aliphatic rings. The van der Waals surface area contributed by atoms with Crippen LogP contribution in [0.25, 0.3) is 10.9 Å². The number of fused-ring (bicyclic) bond motifs is 1. The van der Waals surface area contributed by atoms with Crippen molar-refractivity contribution < 1.29 is 10.0 Å². The van der Waals surface area contributed by atoms with Crippen molar-refractivity contribution >= 4 is 22.5 Å². The zero-order valence-electron chi connectivity index (χ0n) is 13.0. The van der Waals surface area contributed by atoms with Gasteiger partial charge in [0.15, 0.2) is 0 Å². The molecule has 2 aromatic heterocycles. The second-order valence-corrected chi connectivity index (χ2v) is 5.53. The number of nitrogens with one attached hydrogen (secondary N) is 4. The molecule has 3 aromatic rings. The first-order valence-electron chi connectivity index (χ1n) is 7.62. The van der Waals surface area contributed by atoms with Crippen LogP contribution in [0.2, 0.25) is 0 Å². The highest BCUT2D eigenvalue weighted by Crippen LogP contribution is 2.23. The van der Waals surface area contributed by atoms with Crippen LogP contribution in [0.3, 0.4) is 0 Å². The lowest BCUT2D eigenvalue weighted by molar-refractivity contribution is 0.0983. The van der Waals surface area contributed by atoms with Crippen LogP contribution in [0.4, 0.5) is 5.69 Å². The lowest BCUT2D eigenvalue weighted by Crippen LogP contribution is -2.47. The van der Waals surface area contributed by atoms with Crippen molar-refractivity contribution in [2.75, 3.05) is 11.4 Å². The van der Waals surface area contributed by atoms with Gasteiger partial charge in [0.25, 0.3) is 5.91 Å². The average Bonchev–Trinajstić information content (AvgIpc) is 3.29. The number of anilines is 1. The van der Waals surface area contributed by atoms with Crippen molar-refractivity contribution in [3.05, 3.63) is 54.5 Å². The summed E-state index contributed by atoms with van der Waals surface area (Å²) in [7, 11) is 0. The number of pyridine rings is 1. The largest absolute Gasteiger partial charge is 0.411 e. The van der Waals surface area contributed by atoms with Crippen LogP contribution in [0.1, 0.15) is 10.4 Å². The Labute approximate surface area is 142 Å². The number of carbonyl (C=O) groups is 1. The molecule has 1 saturated heterocycles. The monoisotopic (exact) mass is 340 g/mol. The molecular weight excluding hydrogens is 324 g/mol. The van der Waals surface area contributed by atoms with Gasteiger partial charge < -0.3 is 10.1 Å². The molecule has 3 heterocycles. The number of rotatable bonds is 4. The number of benzene rings is 1. The average molecular weight is 340 g/mol. The Balaban J connectivity index is 1.71. The lowest BCUT2D eigenvalue weighted by Gasteiger charge is -2.25. The number of hydrogen-bond acceptors (Lipinski definition) is 8. The van der Waals surface area contributed by atoms with Gasteiger partial charge in [-0.15, -0.1) is 9.94 Å². The van der Waals surface area contributed by atoms with E-state index in [1.807, 2.05) is 0 Å². The van der Waals surface area contributed by atoms with Gasteiger partial charge in [-0.3, -0.25) is 9.78 Å². The fraction of sp³-hybridized carbons (Fsp3) is 0.133. The summed E-state index contributed by atoms with van der Waals surface area (Å²) in [5, 5.41) is 14.2. The zero-order valence-corrected chi connectivity index (χ0v) is 13.0. The summed E-state index contributed by atoms with van der Waals surface area (Å²) in [5.41, 5.74) is 13.1. The molecule has 1 aliphatic heterocycles. The van der Waals surface area contributed by atoms with Crippen LogP contribution in [0.15, 0.2) is 48.9 Å². The Hall–Kier alpha value is -3.05. The van der Waals surface area contributed by atoms with Crippen molar-refractivity contribution in [1.82, 2.24) is 36.8 Å². The normalized spacial score (nSPS) is 14.9. The second kappa shape index (κ2) is 6.45. The highest BCUT2D eigenvalue weighted by Gasteiger charge is 2.24. The molecule has 0 saturated carbocycles. The van der Waals surface area contributed by atoms with Crippen molar-refractivity contribution in [2.45, 2.75) is 6.17 Å². The van der Waals surface area contributed by atoms with E-state index in [2.05, 4.69) is 32.0 Å². The minimum atomic E-state index is -0.197. The molecule has 0 bridgehead atoms. The van der Waals surface area contributed by atoms with E-state index in [0.717, 1.165) is 10.2 Å². The summed E-state index contributed by atoms with van der Waals surface area (Å²) in [4.78, 5) is 19.4. The summed E-state index contributed by atoms with van der Waals surface area (Å²) in [6.45, 7) is 0.354. The van der Waals surface area contributed by atoms with Crippen LogP contribution in [0.5, 0.6) is 0 Å². The molecule has 1 amide bonds. The molecule has 1 fully saturated rings. The first-order valence-corrected chi connectivity index (χ1v) is 7.62. The molecule has 10 nitrogen and oxygen atoms in total. The fourth-order valence-corrected chi connectivity index (χ4v) is 2.68. The van der Waals surface area contributed by atoms with Gasteiger partial charge in [0.1, 0.15) is 11.7 Å². The maximum absolute atomic E-state index is 13.0. The molecule has 10 heteroatoms. The number of aromatic nitrogens is 3. The topological polar surface area (TPSA) is 119 Å². The predicted molar refractivity (Wildman–Crippen MR) is 89.2 cm³/mol. The smallest absolute Gasteiger partial charge is 0.259 e. The van der Waals surface area contributed by atoms with E-state index in [4.69, 9.17) is 0 Å². The van der Waals surface area contributed by atoms with Gasteiger partial charge in [0.2, 0.25) is 0 Å². The maximum Gasteiger partial charge on any atom is 0.259 e. The zero-order chi connectivity index (χ0) is 17.2. The van der Waals surface area contributed by atoms with E-state index < -0.39 is 0 Å². The van der Waals surface area contributed by atoms with Crippen LogP contribution >= 0.6 is 0 Å². The highest BCUT2D eigenvalue weighted by atomic mass is 16.5. The Morgan fingerprint density at radius 3 is 2.84 bits per heavy atom.